The number of benzene rings is 1. The Labute approximate surface area is 127 Å². The van der Waals surface area contributed by atoms with Crippen LogP contribution in [0, 0.1) is 26.6 Å². The van der Waals surface area contributed by atoms with Crippen molar-refractivity contribution in [2.75, 3.05) is 0 Å². The second-order valence-electron chi connectivity index (χ2n) is 4.90. The van der Waals surface area contributed by atoms with Crippen LogP contribution in [0.1, 0.15) is 35.4 Å². The van der Waals surface area contributed by atoms with Crippen LogP contribution in [0.25, 0.3) is 0 Å². The first-order chi connectivity index (χ1) is 9.40. The Balaban J connectivity index is 2.35. The lowest BCUT2D eigenvalue weighted by molar-refractivity contribution is 0.222. The average Bonchev–Trinajstić information content (AvgIpc) is 2.39. The molecule has 0 saturated carbocycles. The standard InChI is InChI=1S/C16H17BrFNO/c1-9-5-6-14(18)10(2)16(9)12(4)20-15-7-13(17)8-19-11(15)3/h5-8,12H,1-4H3. The minimum atomic E-state index is -0.236. The lowest BCUT2D eigenvalue weighted by Gasteiger charge is -2.20. The molecule has 4 heteroatoms. The molecule has 0 amide bonds. The number of nitrogens with zero attached hydrogens (tertiary/aromatic N) is 1. The summed E-state index contributed by atoms with van der Waals surface area (Å²) in [6.45, 7) is 7.56. The van der Waals surface area contributed by atoms with Gasteiger partial charge in [0.1, 0.15) is 17.7 Å². The fourth-order valence-corrected chi connectivity index (χ4v) is 2.63. The van der Waals surface area contributed by atoms with Gasteiger partial charge in [-0.05, 0) is 66.9 Å². The SMILES string of the molecule is Cc1ccc(F)c(C)c1C(C)Oc1cc(Br)cnc1C. The molecule has 1 aromatic carbocycles. The molecule has 2 rings (SSSR count). The number of ether oxygens (including phenoxy) is 1. The molecule has 0 N–H and O–H groups in total. The van der Waals surface area contributed by atoms with Crippen LogP contribution in [-0.2, 0) is 0 Å². The van der Waals surface area contributed by atoms with Crippen molar-refractivity contribution in [2.45, 2.75) is 33.8 Å². The highest BCUT2D eigenvalue weighted by atomic mass is 79.9. The second kappa shape index (κ2) is 5.92. The van der Waals surface area contributed by atoms with Crippen LogP contribution in [0.5, 0.6) is 5.75 Å². The van der Waals surface area contributed by atoms with Crippen molar-refractivity contribution in [3.63, 3.8) is 0 Å². The third-order valence-corrected chi connectivity index (χ3v) is 3.82. The fraction of sp³-hybridized carbons (Fsp3) is 0.312. The van der Waals surface area contributed by atoms with Gasteiger partial charge in [-0.15, -0.1) is 0 Å². The van der Waals surface area contributed by atoms with Crippen LogP contribution in [0.4, 0.5) is 4.39 Å². The van der Waals surface area contributed by atoms with Crippen LogP contribution in [0.3, 0.4) is 0 Å². The number of pyridine rings is 1. The molecule has 106 valence electrons. The Morgan fingerprint density at radius 3 is 2.65 bits per heavy atom. The van der Waals surface area contributed by atoms with Crippen molar-refractivity contribution in [1.82, 2.24) is 4.98 Å². The smallest absolute Gasteiger partial charge is 0.142 e. The number of aromatic nitrogens is 1. The van der Waals surface area contributed by atoms with Gasteiger partial charge in [0.2, 0.25) is 0 Å². The second-order valence-corrected chi connectivity index (χ2v) is 5.82. The molecular formula is C16H17BrFNO. The Morgan fingerprint density at radius 2 is 1.95 bits per heavy atom. The zero-order valence-electron chi connectivity index (χ0n) is 12.0. The minimum Gasteiger partial charge on any atom is -0.484 e. The van der Waals surface area contributed by atoms with Crippen molar-refractivity contribution >= 4 is 15.9 Å². The van der Waals surface area contributed by atoms with E-state index in [1.165, 1.54) is 6.07 Å². The maximum absolute atomic E-state index is 13.7. The lowest BCUT2D eigenvalue weighted by Crippen LogP contribution is -2.09. The Kier molecular flexibility index (Phi) is 4.43. The molecule has 1 aromatic heterocycles. The third kappa shape index (κ3) is 3.01. The molecule has 0 aliphatic heterocycles. The molecule has 0 radical (unpaired) electrons. The molecule has 1 unspecified atom stereocenters. The highest BCUT2D eigenvalue weighted by Gasteiger charge is 2.17. The Morgan fingerprint density at radius 1 is 1.25 bits per heavy atom. The normalized spacial score (nSPS) is 12.3. The van der Waals surface area contributed by atoms with E-state index >= 15 is 0 Å². The number of hydrogen-bond donors (Lipinski definition) is 0. The maximum Gasteiger partial charge on any atom is 0.142 e. The highest BCUT2D eigenvalue weighted by Crippen LogP contribution is 2.30. The summed E-state index contributed by atoms with van der Waals surface area (Å²) in [7, 11) is 0. The van der Waals surface area contributed by atoms with E-state index in [2.05, 4.69) is 20.9 Å². The third-order valence-electron chi connectivity index (χ3n) is 3.38. The van der Waals surface area contributed by atoms with Gasteiger partial charge in [-0.1, -0.05) is 6.07 Å². The zero-order chi connectivity index (χ0) is 14.9. The van der Waals surface area contributed by atoms with Gasteiger partial charge in [0, 0.05) is 16.2 Å². The number of halogens is 2. The summed E-state index contributed by atoms with van der Waals surface area (Å²) in [5, 5.41) is 0. The van der Waals surface area contributed by atoms with E-state index in [1.54, 1.807) is 19.2 Å². The first kappa shape index (κ1) is 15.0. The maximum atomic E-state index is 13.7. The quantitative estimate of drug-likeness (QED) is 0.781. The molecule has 0 fully saturated rings. The largest absolute Gasteiger partial charge is 0.484 e. The molecule has 0 aliphatic carbocycles. The minimum absolute atomic E-state index is 0.204. The molecule has 2 aromatic rings. The molecule has 0 bridgehead atoms. The summed E-state index contributed by atoms with van der Waals surface area (Å²) in [4.78, 5) is 4.24. The van der Waals surface area contributed by atoms with Crippen LogP contribution >= 0.6 is 15.9 Å². The van der Waals surface area contributed by atoms with Crippen LogP contribution in [0.2, 0.25) is 0 Å². The van der Waals surface area contributed by atoms with E-state index in [0.29, 0.717) is 11.3 Å². The fourth-order valence-electron chi connectivity index (χ4n) is 2.32. The molecule has 0 saturated heterocycles. The van der Waals surface area contributed by atoms with E-state index in [9.17, 15) is 4.39 Å². The number of aryl methyl sites for hydroxylation is 2. The molecule has 0 aliphatic rings. The van der Waals surface area contributed by atoms with E-state index in [0.717, 1.165) is 21.3 Å². The summed E-state index contributed by atoms with van der Waals surface area (Å²) >= 11 is 3.38. The summed E-state index contributed by atoms with van der Waals surface area (Å²) in [6.07, 6.45) is 1.49. The van der Waals surface area contributed by atoms with Crippen LogP contribution in [-0.4, -0.2) is 4.98 Å². The number of hydrogen-bond acceptors (Lipinski definition) is 2. The molecule has 2 nitrogen and oxygen atoms in total. The predicted molar refractivity (Wildman–Crippen MR) is 81.6 cm³/mol. The van der Waals surface area contributed by atoms with E-state index in [1.807, 2.05) is 26.8 Å². The molecule has 0 spiro atoms. The van der Waals surface area contributed by atoms with Crippen molar-refractivity contribution < 1.29 is 9.13 Å². The lowest BCUT2D eigenvalue weighted by atomic mass is 9.98. The van der Waals surface area contributed by atoms with Gasteiger partial charge < -0.3 is 4.74 Å². The molecule has 1 atom stereocenters. The topological polar surface area (TPSA) is 22.1 Å². The first-order valence-electron chi connectivity index (χ1n) is 6.44. The molecule has 1 heterocycles. The van der Waals surface area contributed by atoms with Crippen molar-refractivity contribution in [3.05, 3.63) is 57.1 Å². The monoisotopic (exact) mass is 337 g/mol. The van der Waals surface area contributed by atoms with Gasteiger partial charge in [-0.25, -0.2) is 4.39 Å². The van der Waals surface area contributed by atoms with Crippen LogP contribution < -0.4 is 4.74 Å². The van der Waals surface area contributed by atoms with Gasteiger partial charge in [-0.3, -0.25) is 4.98 Å². The van der Waals surface area contributed by atoms with Crippen molar-refractivity contribution in [2.24, 2.45) is 0 Å². The summed E-state index contributed by atoms with van der Waals surface area (Å²) in [6, 6.07) is 5.15. The zero-order valence-corrected chi connectivity index (χ0v) is 13.6. The van der Waals surface area contributed by atoms with Gasteiger partial charge in [0.25, 0.3) is 0 Å². The predicted octanol–water partition coefficient (Wildman–Crippen LogP) is 5.05. The van der Waals surface area contributed by atoms with E-state index in [4.69, 9.17) is 4.74 Å². The van der Waals surface area contributed by atoms with E-state index < -0.39 is 0 Å². The molecular weight excluding hydrogens is 321 g/mol. The Bertz CT molecular complexity index is 643. The molecule has 20 heavy (non-hydrogen) atoms. The number of rotatable bonds is 3. The highest BCUT2D eigenvalue weighted by molar-refractivity contribution is 9.10. The van der Waals surface area contributed by atoms with E-state index in [-0.39, 0.29) is 11.9 Å². The summed E-state index contributed by atoms with van der Waals surface area (Å²) < 4.78 is 20.6. The first-order valence-corrected chi connectivity index (χ1v) is 7.24. The van der Waals surface area contributed by atoms with Gasteiger partial charge in [-0.2, -0.15) is 0 Å². The van der Waals surface area contributed by atoms with Gasteiger partial charge in [0.15, 0.2) is 0 Å². The summed E-state index contributed by atoms with van der Waals surface area (Å²) in [5.41, 5.74) is 3.37. The van der Waals surface area contributed by atoms with Gasteiger partial charge >= 0.3 is 0 Å². The average molecular weight is 338 g/mol. The van der Waals surface area contributed by atoms with Crippen molar-refractivity contribution in [3.8, 4) is 5.75 Å². The van der Waals surface area contributed by atoms with Crippen LogP contribution in [0.15, 0.2) is 28.9 Å². The summed E-state index contributed by atoms with van der Waals surface area (Å²) in [5.74, 6) is 0.500. The Hall–Kier alpha value is -1.42. The van der Waals surface area contributed by atoms with Crippen molar-refractivity contribution in [1.29, 1.82) is 0 Å². The van der Waals surface area contributed by atoms with Gasteiger partial charge in [0.05, 0.1) is 5.69 Å².